The van der Waals surface area contributed by atoms with E-state index in [0.29, 0.717) is 10.6 Å². The van der Waals surface area contributed by atoms with Crippen LogP contribution in [0.3, 0.4) is 0 Å². The predicted octanol–water partition coefficient (Wildman–Crippen LogP) is 8.58. The Morgan fingerprint density at radius 2 is 1.63 bits per heavy atom. The number of carbonyl (C=O) groups is 2. The Bertz CT molecular complexity index is 1830. The fraction of sp³-hybridized carbons (Fsp3) is 0.235. The van der Waals surface area contributed by atoms with Crippen molar-refractivity contribution >= 4 is 50.7 Å². The van der Waals surface area contributed by atoms with Crippen LogP contribution in [-0.4, -0.2) is 39.6 Å². The van der Waals surface area contributed by atoms with Crippen LogP contribution in [0.25, 0.3) is 43.2 Å². The highest BCUT2D eigenvalue weighted by atomic mass is 35.5. The van der Waals surface area contributed by atoms with Crippen molar-refractivity contribution in [2.45, 2.75) is 46.3 Å². The highest BCUT2D eigenvalue weighted by Crippen LogP contribution is 2.44. The highest BCUT2D eigenvalue weighted by Gasteiger charge is 2.32. The number of fused-ring (bicyclic) bond motifs is 1. The summed E-state index contributed by atoms with van der Waals surface area (Å²) in [4.78, 5) is 35.5. The van der Waals surface area contributed by atoms with Crippen LogP contribution in [0.4, 0.5) is 5.69 Å². The quantitative estimate of drug-likeness (QED) is 0.198. The number of aliphatic carboxylic acids is 1. The molecule has 0 radical (unpaired) electrons. The zero-order chi connectivity index (χ0) is 31.1. The van der Waals surface area contributed by atoms with Crippen LogP contribution in [0.2, 0.25) is 5.02 Å². The standard InChI is InChI=1S/C34H32ClN3O4S/c1-19-17-27-31(29(22-7-11-24(35)12-8-22)28(19)30(33(40)41)42-34(3,4)5)43-32(37-27)23-15-16-36-26(18-23)21-9-13-25(14-10-21)38(6)20(2)39/h7-18,30H,1-6H3,(H,40,41)/t30-/m0/s1. The zero-order valence-electron chi connectivity index (χ0n) is 24.8. The number of aromatic nitrogens is 2. The van der Waals surface area contributed by atoms with Crippen molar-refractivity contribution in [2.24, 2.45) is 0 Å². The molecule has 43 heavy (non-hydrogen) atoms. The summed E-state index contributed by atoms with van der Waals surface area (Å²) >= 11 is 7.72. The monoisotopic (exact) mass is 613 g/mol. The van der Waals surface area contributed by atoms with E-state index in [1.165, 1.54) is 18.3 Å². The SMILES string of the molecule is CC(=O)N(C)c1ccc(-c2cc(-c3nc4cc(C)c([C@H](OC(C)(C)C)C(=O)O)c(-c5ccc(Cl)cc5)c4s3)ccn2)cc1. The number of pyridine rings is 1. The minimum absolute atomic E-state index is 0.0419. The number of benzene rings is 3. The van der Waals surface area contributed by atoms with Crippen molar-refractivity contribution in [1.82, 2.24) is 9.97 Å². The number of nitrogens with zero attached hydrogens (tertiary/aromatic N) is 3. The summed E-state index contributed by atoms with van der Waals surface area (Å²) in [6, 6.07) is 20.9. The van der Waals surface area contributed by atoms with Gasteiger partial charge >= 0.3 is 5.97 Å². The highest BCUT2D eigenvalue weighted by molar-refractivity contribution is 7.22. The fourth-order valence-corrected chi connectivity index (χ4v) is 6.17. The predicted molar refractivity (Wildman–Crippen MR) is 174 cm³/mol. The summed E-state index contributed by atoms with van der Waals surface area (Å²) in [6.45, 7) is 8.96. The largest absolute Gasteiger partial charge is 0.479 e. The van der Waals surface area contributed by atoms with Crippen LogP contribution < -0.4 is 4.90 Å². The van der Waals surface area contributed by atoms with E-state index in [-0.39, 0.29) is 5.91 Å². The second-order valence-corrected chi connectivity index (χ2v) is 12.8. The van der Waals surface area contributed by atoms with Crippen molar-refractivity contribution in [1.29, 1.82) is 0 Å². The lowest BCUT2D eigenvalue weighted by Crippen LogP contribution is -2.28. The number of rotatable bonds is 7. The molecule has 0 aliphatic carbocycles. The van der Waals surface area contributed by atoms with Gasteiger partial charge < -0.3 is 14.7 Å². The number of aryl methyl sites for hydroxylation is 1. The molecule has 1 amide bonds. The van der Waals surface area contributed by atoms with Gasteiger partial charge in [-0.3, -0.25) is 9.78 Å². The lowest BCUT2D eigenvalue weighted by atomic mass is 9.91. The number of carbonyl (C=O) groups excluding carboxylic acids is 1. The van der Waals surface area contributed by atoms with Gasteiger partial charge in [-0.15, -0.1) is 11.3 Å². The molecule has 2 heterocycles. The van der Waals surface area contributed by atoms with Crippen LogP contribution >= 0.6 is 22.9 Å². The van der Waals surface area contributed by atoms with Gasteiger partial charge in [0.15, 0.2) is 6.10 Å². The average Bonchev–Trinajstić information content (AvgIpc) is 3.39. The Labute approximate surface area is 259 Å². The smallest absolute Gasteiger partial charge is 0.337 e. The van der Waals surface area contributed by atoms with Gasteiger partial charge in [-0.1, -0.05) is 35.9 Å². The third-order valence-corrected chi connectivity index (χ3v) is 8.44. The molecule has 0 unspecified atom stereocenters. The van der Waals surface area contributed by atoms with E-state index < -0.39 is 17.7 Å². The minimum Gasteiger partial charge on any atom is -0.479 e. The first-order chi connectivity index (χ1) is 20.3. The molecular formula is C34H32ClN3O4S. The number of hydrogen-bond donors (Lipinski definition) is 1. The zero-order valence-corrected chi connectivity index (χ0v) is 26.4. The third kappa shape index (κ3) is 6.46. The van der Waals surface area contributed by atoms with E-state index in [9.17, 15) is 14.7 Å². The van der Waals surface area contributed by atoms with E-state index >= 15 is 0 Å². The molecule has 5 aromatic rings. The maximum Gasteiger partial charge on any atom is 0.337 e. The summed E-state index contributed by atoms with van der Waals surface area (Å²) in [5, 5.41) is 11.7. The Morgan fingerprint density at radius 3 is 2.23 bits per heavy atom. The lowest BCUT2D eigenvalue weighted by molar-refractivity contribution is -0.160. The van der Waals surface area contributed by atoms with Crippen molar-refractivity contribution in [2.75, 3.05) is 11.9 Å². The van der Waals surface area contributed by atoms with Crippen molar-refractivity contribution < 1.29 is 19.4 Å². The summed E-state index contributed by atoms with van der Waals surface area (Å²) < 4.78 is 6.98. The topological polar surface area (TPSA) is 92.6 Å². The van der Waals surface area contributed by atoms with Gasteiger partial charge in [0, 0.05) is 53.1 Å². The first-order valence-corrected chi connectivity index (χ1v) is 14.9. The Hall–Kier alpha value is -4.11. The normalized spacial score (nSPS) is 12.3. The molecule has 9 heteroatoms. The molecule has 0 aliphatic rings. The van der Waals surface area contributed by atoms with Crippen LogP contribution in [0.1, 0.15) is 44.9 Å². The number of anilines is 1. The Balaban J connectivity index is 1.65. The van der Waals surface area contributed by atoms with Gasteiger partial charge in [-0.25, -0.2) is 9.78 Å². The molecular weight excluding hydrogens is 582 g/mol. The van der Waals surface area contributed by atoms with Gasteiger partial charge in [0.2, 0.25) is 5.91 Å². The lowest BCUT2D eigenvalue weighted by Gasteiger charge is -2.28. The molecule has 0 bridgehead atoms. The molecule has 1 atom stereocenters. The van der Waals surface area contributed by atoms with E-state index in [1.807, 2.05) is 82.3 Å². The number of carboxylic acid groups (broad SMARTS) is 1. The molecule has 3 aromatic carbocycles. The molecule has 220 valence electrons. The molecule has 0 saturated carbocycles. The number of thiazole rings is 1. The van der Waals surface area contributed by atoms with Crippen LogP contribution in [0.5, 0.6) is 0 Å². The number of amides is 1. The van der Waals surface area contributed by atoms with Gasteiger partial charge in [-0.2, -0.15) is 0 Å². The number of halogens is 1. The summed E-state index contributed by atoms with van der Waals surface area (Å²) in [6.07, 6.45) is 0.569. The first kappa shape index (κ1) is 30.4. The third-order valence-electron chi connectivity index (χ3n) is 7.05. The van der Waals surface area contributed by atoms with Gasteiger partial charge in [-0.05, 0) is 81.3 Å². The van der Waals surface area contributed by atoms with E-state index in [0.717, 1.165) is 54.4 Å². The van der Waals surface area contributed by atoms with E-state index in [4.69, 9.17) is 21.3 Å². The van der Waals surface area contributed by atoms with Crippen molar-refractivity contribution in [3.63, 3.8) is 0 Å². The molecule has 0 aliphatic heterocycles. The molecule has 1 N–H and O–H groups in total. The van der Waals surface area contributed by atoms with Gasteiger partial charge in [0.25, 0.3) is 0 Å². The first-order valence-electron chi connectivity index (χ1n) is 13.7. The maximum absolute atomic E-state index is 12.6. The maximum atomic E-state index is 12.6. The van der Waals surface area contributed by atoms with Crippen LogP contribution in [0, 0.1) is 6.92 Å². The molecule has 0 spiro atoms. The average molecular weight is 614 g/mol. The minimum atomic E-state index is -1.18. The summed E-state index contributed by atoms with van der Waals surface area (Å²) in [5.41, 5.74) is 6.42. The van der Waals surface area contributed by atoms with E-state index in [1.54, 1.807) is 30.3 Å². The fourth-order valence-electron chi connectivity index (χ4n) is 4.92. The number of hydrogen-bond acceptors (Lipinski definition) is 6. The Morgan fingerprint density at radius 1 is 0.977 bits per heavy atom. The summed E-state index contributed by atoms with van der Waals surface area (Å²) in [5.74, 6) is -1.10. The molecule has 5 rings (SSSR count). The van der Waals surface area contributed by atoms with Crippen molar-refractivity contribution in [3.05, 3.63) is 89.1 Å². The van der Waals surface area contributed by atoms with Crippen LogP contribution in [0.15, 0.2) is 72.9 Å². The molecule has 0 saturated heterocycles. The van der Waals surface area contributed by atoms with Gasteiger partial charge in [0.1, 0.15) is 5.01 Å². The number of carboxylic acids is 1. The number of ether oxygens (including phenoxy) is 1. The van der Waals surface area contributed by atoms with Gasteiger partial charge in [0.05, 0.1) is 21.5 Å². The molecule has 7 nitrogen and oxygen atoms in total. The molecule has 0 fully saturated rings. The van der Waals surface area contributed by atoms with Crippen LogP contribution in [-0.2, 0) is 14.3 Å². The van der Waals surface area contributed by atoms with E-state index in [2.05, 4.69) is 4.98 Å². The second kappa shape index (κ2) is 11.9. The Kier molecular flexibility index (Phi) is 8.38. The molecule has 2 aromatic heterocycles. The summed E-state index contributed by atoms with van der Waals surface area (Å²) in [7, 11) is 1.74. The second-order valence-electron chi connectivity index (χ2n) is 11.4. The van der Waals surface area contributed by atoms with Crippen molar-refractivity contribution in [3.8, 4) is 33.0 Å².